The first kappa shape index (κ1) is 15.4. The molecule has 0 aromatic heterocycles. The van der Waals surface area contributed by atoms with Gasteiger partial charge in [0.15, 0.2) is 0 Å². The molecule has 0 spiro atoms. The van der Waals surface area contributed by atoms with Crippen LogP contribution in [0.3, 0.4) is 0 Å². The summed E-state index contributed by atoms with van der Waals surface area (Å²) in [6.07, 6.45) is 1.22. The van der Waals surface area contributed by atoms with Gasteiger partial charge in [-0.15, -0.1) is 0 Å². The molecule has 1 rings (SSSR count). The van der Waals surface area contributed by atoms with E-state index in [9.17, 15) is 0 Å². The minimum absolute atomic E-state index is 0.363. The number of methoxy groups -OCH3 is 1. The summed E-state index contributed by atoms with van der Waals surface area (Å²) >= 11 is 2.01. The lowest BCUT2D eigenvalue weighted by Gasteiger charge is -2.20. The zero-order valence-corrected chi connectivity index (χ0v) is 12.7. The number of thioether (sulfide) groups is 1. The van der Waals surface area contributed by atoms with Gasteiger partial charge in [-0.05, 0) is 49.5 Å². The molecule has 0 fully saturated rings. The Morgan fingerprint density at radius 3 is 2.78 bits per heavy atom. The second kappa shape index (κ2) is 8.44. The van der Waals surface area contributed by atoms with Crippen LogP contribution in [0.15, 0.2) is 24.3 Å². The third-order valence-electron chi connectivity index (χ3n) is 3.03. The number of hydrogen-bond acceptors (Lipinski definition) is 3. The second-order valence-electron chi connectivity index (χ2n) is 4.55. The fourth-order valence-electron chi connectivity index (χ4n) is 1.92. The molecule has 0 aliphatic carbocycles. The molecule has 18 heavy (non-hydrogen) atoms. The van der Waals surface area contributed by atoms with E-state index in [4.69, 9.17) is 4.74 Å². The van der Waals surface area contributed by atoms with Crippen LogP contribution in [0.2, 0.25) is 0 Å². The SMILES string of the molecule is CCSCCC(C)NC(C)c1cccc(OC)c1. The van der Waals surface area contributed by atoms with E-state index in [-0.39, 0.29) is 0 Å². The van der Waals surface area contributed by atoms with Crippen molar-refractivity contribution in [1.82, 2.24) is 5.32 Å². The van der Waals surface area contributed by atoms with E-state index >= 15 is 0 Å². The molecule has 0 saturated carbocycles. The summed E-state index contributed by atoms with van der Waals surface area (Å²) in [4.78, 5) is 0. The Bertz CT molecular complexity index is 343. The van der Waals surface area contributed by atoms with Crippen LogP contribution in [-0.4, -0.2) is 24.7 Å². The van der Waals surface area contributed by atoms with E-state index in [1.54, 1.807) is 7.11 Å². The molecule has 0 heterocycles. The van der Waals surface area contributed by atoms with Crippen LogP contribution >= 0.6 is 11.8 Å². The van der Waals surface area contributed by atoms with Crippen molar-refractivity contribution in [2.24, 2.45) is 0 Å². The van der Waals surface area contributed by atoms with Gasteiger partial charge in [-0.1, -0.05) is 19.1 Å². The van der Waals surface area contributed by atoms with Crippen LogP contribution in [0.4, 0.5) is 0 Å². The summed E-state index contributed by atoms with van der Waals surface area (Å²) in [5.41, 5.74) is 1.28. The molecule has 0 radical (unpaired) electrons. The lowest BCUT2D eigenvalue weighted by atomic mass is 10.1. The maximum absolute atomic E-state index is 5.26. The van der Waals surface area contributed by atoms with Crippen LogP contribution in [0, 0.1) is 0 Å². The highest BCUT2D eigenvalue weighted by Crippen LogP contribution is 2.19. The summed E-state index contributed by atoms with van der Waals surface area (Å²) < 4.78 is 5.26. The zero-order chi connectivity index (χ0) is 13.4. The lowest BCUT2D eigenvalue weighted by molar-refractivity contribution is 0.412. The molecule has 1 N–H and O–H groups in total. The number of ether oxygens (including phenoxy) is 1. The molecular formula is C15H25NOS. The number of benzene rings is 1. The van der Waals surface area contributed by atoms with Gasteiger partial charge in [0.2, 0.25) is 0 Å². The third-order valence-corrected chi connectivity index (χ3v) is 3.96. The molecule has 0 aliphatic rings. The van der Waals surface area contributed by atoms with Crippen molar-refractivity contribution < 1.29 is 4.74 Å². The third kappa shape index (κ3) is 5.32. The Morgan fingerprint density at radius 1 is 1.33 bits per heavy atom. The monoisotopic (exact) mass is 267 g/mol. The van der Waals surface area contributed by atoms with Crippen molar-refractivity contribution in [3.05, 3.63) is 29.8 Å². The Labute approximate surface area is 116 Å². The van der Waals surface area contributed by atoms with Gasteiger partial charge in [0.1, 0.15) is 5.75 Å². The first-order valence-electron chi connectivity index (χ1n) is 6.65. The van der Waals surface area contributed by atoms with Gasteiger partial charge in [-0.25, -0.2) is 0 Å². The summed E-state index contributed by atoms with van der Waals surface area (Å²) in [6, 6.07) is 9.19. The Balaban J connectivity index is 2.45. The normalized spacial score (nSPS) is 14.2. The largest absolute Gasteiger partial charge is 0.497 e. The van der Waals surface area contributed by atoms with E-state index in [1.165, 1.54) is 23.5 Å². The molecule has 102 valence electrons. The molecule has 2 unspecified atom stereocenters. The van der Waals surface area contributed by atoms with Gasteiger partial charge >= 0.3 is 0 Å². The smallest absolute Gasteiger partial charge is 0.119 e. The standard InChI is InChI=1S/C15H25NOS/c1-5-18-10-9-12(2)16-13(3)14-7-6-8-15(11-14)17-4/h6-8,11-13,16H,5,9-10H2,1-4H3. The van der Waals surface area contributed by atoms with Crippen LogP contribution in [-0.2, 0) is 0 Å². The Kier molecular flexibility index (Phi) is 7.21. The highest BCUT2D eigenvalue weighted by molar-refractivity contribution is 7.99. The topological polar surface area (TPSA) is 21.3 Å². The van der Waals surface area contributed by atoms with Crippen LogP contribution in [0.25, 0.3) is 0 Å². The molecule has 3 heteroatoms. The van der Waals surface area contributed by atoms with E-state index < -0.39 is 0 Å². The maximum atomic E-state index is 5.26. The van der Waals surface area contributed by atoms with Gasteiger partial charge in [-0.2, -0.15) is 11.8 Å². The van der Waals surface area contributed by atoms with Gasteiger partial charge < -0.3 is 10.1 Å². The molecule has 0 saturated heterocycles. The zero-order valence-electron chi connectivity index (χ0n) is 11.9. The first-order chi connectivity index (χ1) is 8.67. The minimum atomic E-state index is 0.363. The summed E-state index contributed by atoms with van der Waals surface area (Å²) in [5.74, 6) is 3.36. The molecule has 0 amide bonds. The van der Waals surface area contributed by atoms with Gasteiger partial charge in [0, 0.05) is 12.1 Å². The van der Waals surface area contributed by atoms with E-state index in [1.807, 2.05) is 23.9 Å². The predicted octanol–water partition coefficient (Wildman–Crippen LogP) is 3.88. The van der Waals surface area contributed by atoms with E-state index in [2.05, 4.69) is 38.2 Å². The molecular weight excluding hydrogens is 242 g/mol. The summed E-state index contributed by atoms with van der Waals surface area (Å²) in [7, 11) is 1.71. The molecule has 1 aromatic rings. The van der Waals surface area contributed by atoms with E-state index in [0.29, 0.717) is 12.1 Å². The number of rotatable bonds is 8. The summed E-state index contributed by atoms with van der Waals surface area (Å²) in [5, 5.41) is 3.64. The van der Waals surface area contributed by atoms with Crippen molar-refractivity contribution in [2.75, 3.05) is 18.6 Å². The average Bonchev–Trinajstić information content (AvgIpc) is 2.39. The minimum Gasteiger partial charge on any atom is -0.497 e. The van der Waals surface area contributed by atoms with Crippen molar-refractivity contribution >= 4 is 11.8 Å². The Morgan fingerprint density at radius 2 is 2.11 bits per heavy atom. The average molecular weight is 267 g/mol. The molecule has 0 aliphatic heterocycles. The van der Waals surface area contributed by atoms with Gasteiger partial charge in [-0.3, -0.25) is 0 Å². The quantitative estimate of drug-likeness (QED) is 0.722. The predicted molar refractivity (Wildman–Crippen MR) is 81.6 cm³/mol. The molecule has 2 nitrogen and oxygen atoms in total. The fraction of sp³-hybridized carbons (Fsp3) is 0.600. The summed E-state index contributed by atoms with van der Waals surface area (Å²) in [6.45, 7) is 6.67. The molecule has 1 aromatic carbocycles. The van der Waals surface area contributed by atoms with E-state index in [0.717, 1.165) is 5.75 Å². The molecule has 2 atom stereocenters. The fourth-order valence-corrected chi connectivity index (χ4v) is 2.73. The van der Waals surface area contributed by atoms with Gasteiger partial charge in [0.05, 0.1) is 7.11 Å². The maximum Gasteiger partial charge on any atom is 0.119 e. The van der Waals surface area contributed by atoms with Crippen molar-refractivity contribution in [3.8, 4) is 5.75 Å². The van der Waals surface area contributed by atoms with Crippen LogP contribution in [0.1, 0.15) is 38.8 Å². The number of nitrogens with one attached hydrogen (secondary N) is 1. The van der Waals surface area contributed by atoms with Crippen molar-refractivity contribution in [1.29, 1.82) is 0 Å². The number of hydrogen-bond donors (Lipinski definition) is 1. The van der Waals surface area contributed by atoms with Gasteiger partial charge in [0.25, 0.3) is 0 Å². The van der Waals surface area contributed by atoms with Crippen molar-refractivity contribution in [3.63, 3.8) is 0 Å². The Hall–Kier alpha value is -0.670. The van der Waals surface area contributed by atoms with Crippen LogP contribution < -0.4 is 10.1 Å². The lowest BCUT2D eigenvalue weighted by Crippen LogP contribution is -2.29. The first-order valence-corrected chi connectivity index (χ1v) is 7.80. The van der Waals surface area contributed by atoms with Crippen molar-refractivity contribution in [2.45, 2.75) is 39.3 Å². The highest BCUT2D eigenvalue weighted by Gasteiger charge is 2.09. The second-order valence-corrected chi connectivity index (χ2v) is 5.95. The van der Waals surface area contributed by atoms with Crippen LogP contribution in [0.5, 0.6) is 5.75 Å². The highest BCUT2D eigenvalue weighted by atomic mass is 32.2. The molecule has 0 bridgehead atoms.